The van der Waals surface area contributed by atoms with Crippen LogP contribution < -0.4 is 0 Å². The van der Waals surface area contributed by atoms with E-state index in [2.05, 4.69) is 6.92 Å². The Morgan fingerprint density at radius 3 is 2.33 bits per heavy atom. The molecule has 0 aromatic heterocycles. The van der Waals surface area contributed by atoms with E-state index in [0.717, 1.165) is 51.2 Å². The molecule has 0 N–H and O–H groups in total. The minimum Gasteiger partial charge on any atom is -0.341 e. The summed E-state index contributed by atoms with van der Waals surface area (Å²) in [5.74, 6) is 0.994. The van der Waals surface area contributed by atoms with Gasteiger partial charge in [0.05, 0.1) is 0 Å². The predicted octanol–water partition coefficient (Wildman–Crippen LogP) is 1.65. The second-order valence-electron chi connectivity index (χ2n) is 5.55. The molecule has 0 aromatic carbocycles. The fraction of sp³-hybridized carbons (Fsp3) is 0.857. The van der Waals surface area contributed by atoms with Gasteiger partial charge in [0.2, 0.25) is 11.8 Å². The van der Waals surface area contributed by atoms with Crippen LogP contribution in [0.3, 0.4) is 0 Å². The van der Waals surface area contributed by atoms with Crippen LogP contribution in [0.25, 0.3) is 0 Å². The zero-order chi connectivity index (χ0) is 13.1. The summed E-state index contributed by atoms with van der Waals surface area (Å²) in [6, 6.07) is -0.180. The van der Waals surface area contributed by atoms with Gasteiger partial charge in [0.25, 0.3) is 0 Å². The highest BCUT2D eigenvalue weighted by Gasteiger charge is 2.35. The number of carbonyl (C=O) groups excluding carboxylic acids is 2. The lowest BCUT2D eigenvalue weighted by Crippen LogP contribution is -2.49. The molecule has 0 aromatic rings. The Morgan fingerprint density at radius 1 is 1.11 bits per heavy atom. The summed E-state index contributed by atoms with van der Waals surface area (Å²) in [5.41, 5.74) is 0. The van der Waals surface area contributed by atoms with E-state index >= 15 is 0 Å². The standard InChI is InChI=1S/C14H24N2O2/c1-3-12-6-9-15(10-7-12)14(18)13-5-4-8-16(13)11(2)17/h12-13H,3-10H2,1-2H3. The molecule has 2 heterocycles. The van der Waals surface area contributed by atoms with Gasteiger partial charge in [-0.1, -0.05) is 13.3 Å². The highest BCUT2D eigenvalue weighted by molar-refractivity contribution is 5.87. The van der Waals surface area contributed by atoms with Crippen LogP contribution in [0.15, 0.2) is 0 Å². The minimum atomic E-state index is -0.180. The van der Waals surface area contributed by atoms with Crippen LogP contribution in [0.2, 0.25) is 0 Å². The van der Waals surface area contributed by atoms with Crippen molar-refractivity contribution in [2.45, 2.75) is 52.0 Å². The highest BCUT2D eigenvalue weighted by atomic mass is 16.2. The van der Waals surface area contributed by atoms with Crippen molar-refractivity contribution in [1.82, 2.24) is 9.80 Å². The first-order valence-electron chi connectivity index (χ1n) is 7.19. The third-order valence-electron chi connectivity index (χ3n) is 4.45. The lowest BCUT2D eigenvalue weighted by Gasteiger charge is -2.35. The molecule has 1 atom stereocenters. The molecular weight excluding hydrogens is 228 g/mol. The van der Waals surface area contributed by atoms with E-state index in [1.165, 1.54) is 6.42 Å². The number of hydrogen-bond acceptors (Lipinski definition) is 2. The lowest BCUT2D eigenvalue weighted by molar-refractivity contribution is -0.143. The van der Waals surface area contributed by atoms with E-state index in [1.807, 2.05) is 4.90 Å². The number of rotatable bonds is 2. The zero-order valence-electron chi connectivity index (χ0n) is 11.5. The molecule has 2 amide bonds. The number of carbonyl (C=O) groups is 2. The molecule has 1 unspecified atom stereocenters. The van der Waals surface area contributed by atoms with Crippen molar-refractivity contribution in [3.8, 4) is 0 Å². The number of amides is 2. The summed E-state index contributed by atoms with van der Waals surface area (Å²) in [4.78, 5) is 27.7. The van der Waals surface area contributed by atoms with E-state index in [0.29, 0.717) is 0 Å². The van der Waals surface area contributed by atoms with Crippen LogP contribution in [0.1, 0.15) is 46.0 Å². The summed E-state index contributed by atoms with van der Waals surface area (Å²) >= 11 is 0. The Labute approximate surface area is 109 Å². The first-order chi connectivity index (χ1) is 8.63. The van der Waals surface area contributed by atoms with E-state index in [-0.39, 0.29) is 17.9 Å². The second-order valence-corrected chi connectivity index (χ2v) is 5.55. The second kappa shape index (κ2) is 5.72. The van der Waals surface area contributed by atoms with Crippen molar-refractivity contribution in [3.63, 3.8) is 0 Å². The molecule has 2 aliphatic heterocycles. The average molecular weight is 252 g/mol. The van der Waals surface area contributed by atoms with E-state index in [9.17, 15) is 9.59 Å². The molecule has 0 aliphatic carbocycles. The molecule has 4 heteroatoms. The molecule has 0 radical (unpaired) electrons. The summed E-state index contributed by atoms with van der Waals surface area (Å²) in [5, 5.41) is 0. The fourth-order valence-corrected chi connectivity index (χ4v) is 3.17. The van der Waals surface area contributed by atoms with E-state index in [1.54, 1.807) is 11.8 Å². The van der Waals surface area contributed by atoms with Crippen molar-refractivity contribution >= 4 is 11.8 Å². The normalized spacial score (nSPS) is 25.6. The molecule has 4 nitrogen and oxygen atoms in total. The molecule has 0 spiro atoms. The third-order valence-corrected chi connectivity index (χ3v) is 4.45. The Balaban J connectivity index is 1.93. The minimum absolute atomic E-state index is 0.0364. The van der Waals surface area contributed by atoms with Crippen molar-refractivity contribution < 1.29 is 9.59 Å². The van der Waals surface area contributed by atoms with Crippen molar-refractivity contribution in [2.24, 2.45) is 5.92 Å². The summed E-state index contributed by atoms with van der Waals surface area (Å²) in [6.45, 7) is 6.28. The molecule has 0 saturated carbocycles. The molecule has 0 bridgehead atoms. The van der Waals surface area contributed by atoms with Gasteiger partial charge in [0.1, 0.15) is 6.04 Å². The molecule has 2 aliphatic rings. The maximum Gasteiger partial charge on any atom is 0.245 e. The van der Waals surface area contributed by atoms with Crippen molar-refractivity contribution in [2.75, 3.05) is 19.6 Å². The molecule has 2 saturated heterocycles. The van der Waals surface area contributed by atoms with Gasteiger partial charge in [-0.3, -0.25) is 9.59 Å². The Kier molecular flexibility index (Phi) is 4.25. The summed E-state index contributed by atoms with van der Waals surface area (Å²) in [7, 11) is 0. The monoisotopic (exact) mass is 252 g/mol. The molecule has 18 heavy (non-hydrogen) atoms. The van der Waals surface area contributed by atoms with Crippen molar-refractivity contribution in [1.29, 1.82) is 0 Å². The quantitative estimate of drug-likeness (QED) is 0.749. The summed E-state index contributed by atoms with van der Waals surface area (Å²) in [6.07, 6.45) is 5.25. The average Bonchev–Trinajstić information content (AvgIpc) is 2.87. The van der Waals surface area contributed by atoms with E-state index < -0.39 is 0 Å². The number of hydrogen-bond donors (Lipinski definition) is 0. The highest BCUT2D eigenvalue weighted by Crippen LogP contribution is 2.24. The number of nitrogens with zero attached hydrogens (tertiary/aromatic N) is 2. The van der Waals surface area contributed by atoms with Gasteiger partial charge >= 0.3 is 0 Å². The maximum absolute atomic E-state index is 12.4. The topological polar surface area (TPSA) is 40.6 Å². The Morgan fingerprint density at radius 2 is 1.78 bits per heavy atom. The Hall–Kier alpha value is -1.06. The number of piperidine rings is 1. The SMILES string of the molecule is CCC1CCN(C(=O)C2CCCN2C(C)=O)CC1. The van der Waals surface area contributed by atoms with Gasteiger partial charge < -0.3 is 9.80 Å². The maximum atomic E-state index is 12.4. The summed E-state index contributed by atoms with van der Waals surface area (Å²) < 4.78 is 0. The van der Waals surface area contributed by atoms with Crippen LogP contribution in [0, 0.1) is 5.92 Å². The van der Waals surface area contributed by atoms with Crippen LogP contribution in [-0.2, 0) is 9.59 Å². The van der Waals surface area contributed by atoms with Crippen molar-refractivity contribution in [3.05, 3.63) is 0 Å². The van der Waals surface area contributed by atoms with Crippen LogP contribution >= 0.6 is 0 Å². The molecule has 2 fully saturated rings. The zero-order valence-corrected chi connectivity index (χ0v) is 11.5. The van der Waals surface area contributed by atoms with Gasteiger partial charge in [-0.25, -0.2) is 0 Å². The van der Waals surface area contributed by atoms with Gasteiger partial charge in [0.15, 0.2) is 0 Å². The fourth-order valence-electron chi connectivity index (χ4n) is 3.17. The molecule has 102 valence electrons. The van der Waals surface area contributed by atoms with Crippen LogP contribution in [-0.4, -0.2) is 47.3 Å². The largest absolute Gasteiger partial charge is 0.341 e. The molecule has 2 rings (SSSR count). The van der Waals surface area contributed by atoms with Gasteiger partial charge in [-0.05, 0) is 31.6 Å². The van der Waals surface area contributed by atoms with Gasteiger partial charge in [-0.15, -0.1) is 0 Å². The first kappa shape index (κ1) is 13.4. The predicted molar refractivity (Wildman–Crippen MR) is 70.0 cm³/mol. The van der Waals surface area contributed by atoms with Gasteiger partial charge in [-0.2, -0.15) is 0 Å². The van der Waals surface area contributed by atoms with Crippen LogP contribution in [0.4, 0.5) is 0 Å². The third kappa shape index (κ3) is 2.68. The first-order valence-corrected chi connectivity index (χ1v) is 7.19. The van der Waals surface area contributed by atoms with Gasteiger partial charge in [0, 0.05) is 26.6 Å². The lowest BCUT2D eigenvalue weighted by atomic mass is 9.94. The Bertz CT molecular complexity index is 322. The van der Waals surface area contributed by atoms with E-state index in [4.69, 9.17) is 0 Å². The molecular formula is C14H24N2O2. The van der Waals surface area contributed by atoms with Crippen LogP contribution in [0.5, 0.6) is 0 Å². The smallest absolute Gasteiger partial charge is 0.245 e. The number of likely N-dealkylation sites (tertiary alicyclic amines) is 2.